The normalized spacial score (nSPS) is 13.9. The second-order valence-electron chi connectivity index (χ2n) is 7.08. The molecule has 0 spiro atoms. The predicted octanol–water partition coefficient (Wildman–Crippen LogP) is 3.22. The van der Waals surface area contributed by atoms with Crippen molar-refractivity contribution in [2.75, 3.05) is 25.0 Å². The van der Waals surface area contributed by atoms with Gasteiger partial charge in [-0.15, -0.1) is 0 Å². The van der Waals surface area contributed by atoms with Crippen molar-refractivity contribution in [3.63, 3.8) is 0 Å². The highest BCUT2D eigenvalue weighted by Gasteiger charge is 2.14. The zero-order valence-corrected chi connectivity index (χ0v) is 16.3. The highest BCUT2D eigenvalue weighted by atomic mass is 16.2. The van der Waals surface area contributed by atoms with Gasteiger partial charge in [-0.25, -0.2) is 0 Å². The fraction of sp³-hybridized carbons (Fsp3) is 0.304. The third kappa shape index (κ3) is 6.06. The molecule has 0 aliphatic carbocycles. The predicted molar refractivity (Wildman–Crippen MR) is 113 cm³/mol. The third-order valence-corrected chi connectivity index (χ3v) is 4.82. The Morgan fingerprint density at radius 1 is 1.07 bits per heavy atom. The van der Waals surface area contributed by atoms with Crippen LogP contribution in [0.25, 0.3) is 6.08 Å². The molecular weight excluding hydrogens is 350 g/mol. The lowest BCUT2D eigenvalue weighted by Gasteiger charge is -2.28. The Balaban J connectivity index is 1.35. The van der Waals surface area contributed by atoms with E-state index < -0.39 is 0 Å². The molecule has 0 fully saturated rings. The van der Waals surface area contributed by atoms with Gasteiger partial charge >= 0.3 is 0 Å². The number of hydrogen-bond donors (Lipinski definition) is 2. The van der Waals surface area contributed by atoms with Crippen molar-refractivity contribution in [3.8, 4) is 0 Å². The van der Waals surface area contributed by atoms with Crippen LogP contribution in [0.1, 0.15) is 30.0 Å². The van der Waals surface area contributed by atoms with Crippen LogP contribution >= 0.6 is 0 Å². The molecule has 0 aromatic heterocycles. The van der Waals surface area contributed by atoms with Gasteiger partial charge in [-0.05, 0) is 47.7 Å². The molecule has 0 atom stereocenters. The summed E-state index contributed by atoms with van der Waals surface area (Å²) in [7, 11) is 0. The lowest BCUT2D eigenvalue weighted by atomic mass is 10.00. The van der Waals surface area contributed by atoms with Gasteiger partial charge in [0.25, 0.3) is 0 Å². The maximum atomic E-state index is 12.0. The molecule has 0 unspecified atom stereocenters. The summed E-state index contributed by atoms with van der Waals surface area (Å²) in [6, 6.07) is 16.0. The number of benzene rings is 2. The van der Waals surface area contributed by atoms with Crippen molar-refractivity contribution < 1.29 is 9.59 Å². The molecular formula is C23H27N3O2. The molecule has 1 aliphatic heterocycles. The monoisotopic (exact) mass is 377 g/mol. The summed E-state index contributed by atoms with van der Waals surface area (Å²) in [5.74, 6) is -0.189. The highest BCUT2D eigenvalue weighted by Crippen LogP contribution is 2.18. The minimum Gasteiger partial charge on any atom is -0.353 e. The fourth-order valence-corrected chi connectivity index (χ4v) is 3.37. The first-order valence-electron chi connectivity index (χ1n) is 9.73. The Kier molecular flexibility index (Phi) is 6.98. The number of amides is 2. The Labute approximate surface area is 166 Å². The summed E-state index contributed by atoms with van der Waals surface area (Å²) in [5, 5.41) is 5.66. The molecule has 0 radical (unpaired) electrons. The van der Waals surface area contributed by atoms with Gasteiger partial charge in [0, 0.05) is 44.9 Å². The summed E-state index contributed by atoms with van der Waals surface area (Å²) < 4.78 is 0. The van der Waals surface area contributed by atoms with Gasteiger partial charge in [0.15, 0.2) is 0 Å². The maximum absolute atomic E-state index is 12.0. The van der Waals surface area contributed by atoms with Gasteiger partial charge in [-0.2, -0.15) is 0 Å². The molecule has 0 saturated carbocycles. The summed E-state index contributed by atoms with van der Waals surface area (Å²) in [5.41, 5.74) is 4.54. The molecule has 0 bridgehead atoms. The topological polar surface area (TPSA) is 61.4 Å². The Bertz CT molecular complexity index is 843. The first kappa shape index (κ1) is 19.8. The van der Waals surface area contributed by atoms with Crippen molar-refractivity contribution in [2.24, 2.45) is 0 Å². The van der Waals surface area contributed by atoms with Crippen molar-refractivity contribution in [1.82, 2.24) is 10.2 Å². The van der Waals surface area contributed by atoms with E-state index in [0.717, 1.165) is 43.7 Å². The van der Waals surface area contributed by atoms with Crippen LogP contribution in [0.5, 0.6) is 0 Å². The van der Waals surface area contributed by atoms with Gasteiger partial charge in [-0.3, -0.25) is 14.5 Å². The van der Waals surface area contributed by atoms with Gasteiger partial charge < -0.3 is 10.6 Å². The van der Waals surface area contributed by atoms with Gasteiger partial charge in [0.1, 0.15) is 0 Å². The van der Waals surface area contributed by atoms with Gasteiger partial charge in [0.2, 0.25) is 11.8 Å². The largest absolute Gasteiger partial charge is 0.353 e. The first-order valence-corrected chi connectivity index (χ1v) is 9.73. The third-order valence-electron chi connectivity index (χ3n) is 4.82. The SMILES string of the molecule is CC(=O)Nc1ccc(/C=C\C(=O)NCCCN2CCc3ccccc3C2)cc1. The van der Waals surface area contributed by atoms with E-state index >= 15 is 0 Å². The number of nitrogens with one attached hydrogen (secondary N) is 2. The maximum Gasteiger partial charge on any atom is 0.243 e. The minimum atomic E-state index is -0.101. The van der Waals surface area contributed by atoms with Crippen molar-refractivity contribution >= 4 is 23.6 Å². The van der Waals surface area contributed by atoms with E-state index in [4.69, 9.17) is 0 Å². The molecule has 0 saturated heterocycles. The summed E-state index contributed by atoms with van der Waals surface area (Å²) in [4.78, 5) is 25.4. The number of anilines is 1. The van der Waals surface area contributed by atoms with Gasteiger partial charge in [0.05, 0.1) is 0 Å². The standard InChI is InChI=1S/C23H27N3O2/c1-18(27)25-22-10-7-19(8-11-22)9-12-23(28)24-14-4-15-26-16-13-20-5-2-3-6-21(20)17-26/h2-3,5-12H,4,13-17H2,1H3,(H,24,28)(H,25,27)/b12-9-. The number of hydrogen-bond acceptors (Lipinski definition) is 3. The fourth-order valence-electron chi connectivity index (χ4n) is 3.37. The lowest BCUT2D eigenvalue weighted by Crippen LogP contribution is -2.33. The number of carbonyl (C=O) groups is 2. The number of nitrogens with zero attached hydrogens (tertiary/aromatic N) is 1. The lowest BCUT2D eigenvalue weighted by molar-refractivity contribution is -0.116. The van der Waals surface area contributed by atoms with Crippen LogP contribution in [-0.2, 0) is 22.6 Å². The van der Waals surface area contributed by atoms with Crippen LogP contribution in [-0.4, -0.2) is 36.3 Å². The van der Waals surface area contributed by atoms with E-state index in [9.17, 15) is 9.59 Å². The zero-order chi connectivity index (χ0) is 19.8. The smallest absolute Gasteiger partial charge is 0.243 e. The average Bonchev–Trinajstić information content (AvgIpc) is 2.70. The molecule has 2 amide bonds. The molecule has 5 nitrogen and oxygen atoms in total. The van der Waals surface area contributed by atoms with Crippen LogP contribution in [0.4, 0.5) is 5.69 Å². The van der Waals surface area contributed by atoms with Crippen LogP contribution in [0, 0.1) is 0 Å². The molecule has 2 N–H and O–H groups in total. The Morgan fingerprint density at radius 3 is 2.57 bits per heavy atom. The van der Waals surface area contributed by atoms with Crippen LogP contribution < -0.4 is 10.6 Å². The number of fused-ring (bicyclic) bond motifs is 1. The molecule has 1 aliphatic rings. The van der Waals surface area contributed by atoms with Crippen LogP contribution in [0.2, 0.25) is 0 Å². The summed E-state index contributed by atoms with van der Waals surface area (Å²) in [6.45, 7) is 5.21. The van der Waals surface area contributed by atoms with Crippen molar-refractivity contribution in [1.29, 1.82) is 0 Å². The minimum absolute atomic E-state index is 0.0880. The molecule has 2 aromatic carbocycles. The molecule has 1 heterocycles. The summed E-state index contributed by atoms with van der Waals surface area (Å²) in [6.07, 6.45) is 5.36. The quantitative estimate of drug-likeness (QED) is 0.575. The first-order chi connectivity index (χ1) is 13.6. The van der Waals surface area contributed by atoms with Gasteiger partial charge in [-0.1, -0.05) is 36.4 Å². The van der Waals surface area contributed by atoms with E-state index in [1.807, 2.05) is 24.3 Å². The summed E-state index contributed by atoms with van der Waals surface area (Å²) >= 11 is 0. The Morgan fingerprint density at radius 2 is 1.82 bits per heavy atom. The van der Waals surface area contributed by atoms with E-state index in [-0.39, 0.29) is 11.8 Å². The van der Waals surface area contributed by atoms with E-state index in [2.05, 4.69) is 39.8 Å². The van der Waals surface area contributed by atoms with Crippen molar-refractivity contribution in [3.05, 3.63) is 71.3 Å². The molecule has 146 valence electrons. The Hall–Kier alpha value is -2.92. The van der Waals surface area contributed by atoms with Crippen LogP contribution in [0.3, 0.4) is 0 Å². The molecule has 3 rings (SSSR count). The van der Waals surface area contributed by atoms with Crippen molar-refractivity contribution in [2.45, 2.75) is 26.3 Å². The van der Waals surface area contributed by atoms with Crippen LogP contribution in [0.15, 0.2) is 54.6 Å². The van der Waals surface area contributed by atoms with E-state index in [0.29, 0.717) is 6.54 Å². The highest BCUT2D eigenvalue weighted by molar-refractivity contribution is 5.92. The second-order valence-corrected chi connectivity index (χ2v) is 7.08. The number of rotatable bonds is 7. The average molecular weight is 377 g/mol. The number of carbonyl (C=O) groups excluding carboxylic acids is 2. The zero-order valence-electron chi connectivity index (χ0n) is 16.3. The second kappa shape index (κ2) is 9.85. The molecule has 5 heteroatoms. The van der Waals surface area contributed by atoms with E-state index in [1.165, 1.54) is 18.1 Å². The molecule has 28 heavy (non-hydrogen) atoms. The van der Waals surface area contributed by atoms with E-state index in [1.54, 1.807) is 12.2 Å². The molecule has 2 aromatic rings.